The molecule has 5 nitrogen and oxygen atoms in total. The van der Waals surface area contributed by atoms with Gasteiger partial charge >= 0.3 is 0 Å². The summed E-state index contributed by atoms with van der Waals surface area (Å²) >= 11 is 1.72. The number of rotatable bonds is 7. The maximum Gasteiger partial charge on any atom is 0.252 e. The predicted octanol–water partition coefficient (Wildman–Crippen LogP) is 3.07. The Morgan fingerprint density at radius 3 is 2.88 bits per heavy atom. The van der Waals surface area contributed by atoms with Gasteiger partial charge < -0.3 is 15.4 Å². The van der Waals surface area contributed by atoms with Crippen LogP contribution in [-0.2, 0) is 22.4 Å². The Balaban J connectivity index is 1.45. The molecular formula is C20H30N2O3S. The van der Waals surface area contributed by atoms with Gasteiger partial charge in [-0.3, -0.25) is 9.59 Å². The minimum Gasteiger partial charge on any atom is -0.377 e. The van der Waals surface area contributed by atoms with E-state index in [-0.39, 0.29) is 29.9 Å². The molecule has 1 aromatic rings. The number of fused-ring (bicyclic) bond motifs is 1. The quantitative estimate of drug-likeness (QED) is 0.717. The van der Waals surface area contributed by atoms with Crippen molar-refractivity contribution < 1.29 is 14.3 Å². The highest BCUT2D eigenvalue weighted by atomic mass is 32.1. The van der Waals surface area contributed by atoms with Gasteiger partial charge in [-0.15, -0.1) is 11.3 Å². The van der Waals surface area contributed by atoms with Crippen LogP contribution in [0.15, 0.2) is 5.38 Å². The first-order valence-corrected chi connectivity index (χ1v) is 10.7. The lowest BCUT2D eigenvalue weighted by atomic mass is 9.95. The van der Waals surface area contributed by atoms with Crippen LogP contribution in [0.3, 0.4) is 0 Å². The van der Waals surface area contributed by atoms with Gasteiger partial charge in [-0.05, 0) is 64.4 Å². The molecule has 3 rings (SSSR count). The average molecular weight is 379 g/mol. The molecule has 2 N–H and O–H groups in total. The van der Waals surface area contributed by atoms with Gasteiger partial charge in [0.05, 0.1) is 18.3 Å². The van der Waals surface area contributed by atoms with E-state index in [1.165, 1.54) is 23.3 Å². The molecule has 2 amide bonds. The van der Waals surface area contributed by atoms with Crippen molar-refractivity contribution in [2.75, 3.05) is 13.2 Å². The van der Waals surface area contributed by atoms with Crippen molar-refractivity contribution in [2.24, 2.45) is 5.92 Å². The molecule has 6 heteroatoms. The Morgan fingerprint density at radius 1 is 1.27 bits per heavy atom. The van der Waals surface area contributed by atoms with E-state index in [1.807, 2.05) is 19.2 Å². The Labute approximate surface area is 159 Å². The lowest BCUT2D eigenvalue weighted by Crippen LogP contribution is -2.36. The van der Waals surface area contributed by atoms with Crippen LogP contribution in [0.4, 0.5) is 0 Å². The van der Waals surface area contributed by atoms with Crippen LogP contribution >= 0.6 is 11.3 Å². The van der Waals surface area contributed by atoms with E-state index in [0.717, 1.165) is 37.7 Å². The van der Waals surface area contributed by atoms with Crippen molar-refractivity contribution in [3.63, 3.8) is 0 Å². The summed E-state index contributed by atoms with van der Waals surface area (Å²) in [4.78, 5) is 26.3. The summed E-state index contributed by atoms with van der Waals surface area (Å²) in [6.07, 6.45) is 7.17. The average Bonchev–Trinajstić information content (AvgIpc) is 3.25. The molecule has 0 aliphatic heterocycles. The molecule has 1 saturated carbocycles. The molecule has 26 heavy (non-hydrogen) atoms. The minimum absolute atomic E-state index is 0.00394. The molecule has 0 aromatic carbocycles. The number of carbonyl (C=O) groups excluding carboxylic acids is 2. The zero-order valence-corrected chi connectivity index (χ0v) is 16.6. The highest BCUT2D eigenvalue weighted by Gasteiger charge is 2.31. The summed E-state index contributed by atoms with van der Waals surface area (Å²) < 4.78 is 5.44. The Hall–Kier alpha value is -1.40. The minimum atomic E-state index is -0.00394. The van der Waals surface area contributed by atoms with Crippen LogP contribution in [0.5, 0.6) is 0 Å². The SMILES string of the molecule is CC(C)OCCNC(=O)[C@H]1CC[C@@H](NC(=O)c2csc3c2CCCC3)C1. The molecule has 1 aromatic heterocycles. The third kappa shape index (κ3) is 4.86. The largest absolute Gasteiger partial charge is 0.377 e. The van der Waals surface area contributed by atoms with Crippen molar-refractivity contribution in [3.05, 3.63) is 21.4 Å². The first-order valence-electron chi connectivity index (χ1n) is 9.84. The summed E-state index contributed by atoms with van der Waals surface area (Å²) in [7, 11) is 0. The van der Waals surface area contributed by atoms with Crippen LogP contribution < -0.4 is 10.6 Å². The van der Waals surface area contributed by atoms with Gasteiger partial charge in [0.1, 0.15) is 0 Å². The van der Waals surface area contributed by atoms with E-state index in [4.69, 9.17) is 4.74 Å². The summed E-state index contributed by atoms with van der Waals surface area (Å²) in [6, 6.07) is 0.101. The van der Waals surface area contributed by atoms with Gasteiger partial charge in [-0.1, -0.05) is 0 Å². The van der Waals surface area contributed by atoms with E-state index < -0.39 is 0 Å². The fraction of sp³-hybridized carbons (Fsp3) is 0.700. The van der Waals surface area contributed by atoms with Crippen molar-refractivity contribution in [2.45, 2.75) is 70.9 Å². The first-order chi connectivity index (χ1) is 12.5. The van der Waals surface area contributed by atoms with Crippen LogP contribution in [0, 0.1) is 5.92 Å². The molecule has 0 bridgehead atoms. The second kappa shape index (κ2) is 9.00. The van der Waals surface area contributed by atoms with Crippen LogP contribution in [0.25, 0.3) is 0 Å². The number of aryl methyl sites for hydroxylation is 1. The second-order valence-electron chi connectivity index (χ2n) is 7.65. The van der Waals surface area contributed by atoms with Crippen LogP contribution in [-0.4, -0.2) is 37.1 Å². The van der Waals surface area contributed by atoms with Crippen molar-refractivity contribution in [1.82, 2.24) is 10.6 Å². The van der Waals surface area contributed by atoms with Crippen molar-refractivity contribution in [1.29, 1.82) is 0 Å². The van der Waals surface area contributed by atoms with Crippen molar-refractivity contribution >= 4 is 23.2 Å². The lowest BCUT2D eigenvalue weighted by Gasteiger charge is -2.16. The second-order valence-corrected chi connectivity index (χ2v) is 8.61. The number of amides is 2. The van der Waals surface area contributed by atoms with Gasteiger partial charge in [0.2, 0.25) is 5.91 Å². The van der Waals surface area contributed by atoms with Crippen LogP contribution in [0.2, 0.25) is 0 Å². The highest BCUT2D eigenvalue weighted by Crippen LogP contribution is 2.31. The number of ether oxygens (including phenoxy) is 1. The Kier molecular flexibility index (Phi) is 6.70. The monoisotopic (exact) mass is 378 g/mol. The normalized spacial score (nSPS) is 22.3. The first kappa shape index (κ1) is 19.4. The molecule has 2 aliphatic rings. The Bertz CT molecular complexity index is 641. The molecule has 2 atom stereocenters. The predicted molar refractivity (Wildman–Crippen MR) is 104 cm³/mol. The standard InChI is InChI=1S/C20H30N2O3S/c1-13(2)25-10-9-21-19(23)14-7-8-15(11-14)22-20(24)17-12-26-18-6-4-3-5-16(17)18/h12-15H,3-11H2,1-2H3,(H,21,23)(H,22,24)/t14-,15+/m0/s1. The fourth-order valence-corrected chi connectivity index (χ4v) is 5.04. The maximum atomic E-state index is 12.7. The third-order valence-electron chi connectivity index (χ3n) is 5.30. The van der Waals surface area contributed by atoms with Gasteiger partial charge in [0, 0.05) is 28.8 Å². The molecule has 0 radical (unpaired) electrons. The number of carbonyl (C=O) groups is 2. The zero-order chi connectivity index (χ0) is 18.5. The zero-order valence-electron chi connectivity index (χ0n) is 15.8. The number of thiophene rings is 1. The highest BCUT2D eigenvalue weighted by molar-refractivity contribution is 7.10. The third-order valence-corrected chi connectivity index (χ3v) is 6.39. The molecule has 0 unspecified atom stereocenters. The summed E-state index contributed by atoms with van der Waals surface area (Å²) in [5.41, 5.74) is 2.12. The van der Waals surface area contributed by atoms with Gasteiger partial charge in [0.25, 0.3) is 5.91 Å². The van der Waals surface area contributed by atoms with E-state index in [1.54, 1.807) is 11.3 Å². The lowest BCUT2D eigenvalue weighted by molar-refractivity contribution is -0.125. The fourth-order valence-electron chi connectivity index (χ4n) is 3.91. The van der Waals surface area contributed by atoms with E-state index in [9.17, 15) is 9.59 Å². The molecular weight excluding hydrogens is 348 g/mol. The summed E-state index contributed by atoms with van der Waals surface area (Å²) in [6.45, 7) is 5.05. The topological polar surface area (TPSA) is 67.4 Å². The van der Waals surface area contributed by atoms with Crippen molar-refractivity contribution in [3.8, 4) is 0 Å². The molecule has 1 heterocycles. The molecule has 0 saturated heterocycles. The van der Waals surface area contributed by atoms with Gasteiger partial charge in [-0.25, -0.2) is 0 Å². The van der Waals surface area contributed by atoms with E-state index >= 15 is 0 Å². The molecule has 1 fully saturated rings. The molecule has 0 spiro atoms. The summed E-state index contributed by atoms with van der Waals surface area (Å²) in [5, 5.41) is 8.12. The maximum absolute atomic E-state index is 12.7. The molecule has 144 valence electrons. The summed E-state index contributed by atoms with van der Waals surface area (Å²) in [5.74, 6) is 0.124. The Morgan fingerprint density at radius 2 is 2.08 bits per heavy atom. The number of hydrogen-bond acceptors (Lipinski definition) is 4. The van der Waals surface area contributed by atoms with Gasteiger partial charge in [0.15, 0.2) is 0 Å². The van der Waals surface area contributed by atoms with E-state index in [0.29, 0.717) is 13.2 Å². The van der Waals surface area contributed by atoms with Gasteiger partial charge in [-0.2, -0.15) is 0 Å². The number of nitrogens with one attached hydrogen (secondary N) is 2. The smallest absolute Gasteiger partial charge is 0.252 e. The van der Waals surface area contributed by atoms with E-state index in [2.05, 4.69) is 10.6 Å². The number of hydrogen-bond donors (Lipinski definition) is 2. The molecule has 2 aliphatic carbocycles. The van der Waals surface area contributed by atoms with Crippen LogP contribution in [0.1, 0.15) is 66.8 Å².